The molecule has 268 valence electrons. The van der Waals surface area contributed by atoms with Gasteiger partial charge >= 0.3 is 0 Å². The van der Waals surface area contributed by atoms with Gasteiger partial charge in [-0.25, -0.2) is 14.1 Å². The second-order valence-corrected chi connectivity index (χ2v) is 16.4. The minimum atomic E-state index is -1.15. The van der Waals surface area contributed by atoms with E-state index in [4.69, 9.17) is 28.2 Å². The number of pyridine rings is 1. The number of hydrogen-bond acceptors (Lipinski definition) is 7. The molecule has 5 aromatic rings. The van der Waals surface area contributed by atoms with Gasteiger partial charge in [-0.2, -0.15) is 5.26 Å². The maximum atomic E-state index is 17.2. The normalized spacial score (nSPS) is 24.2. The summed E-state index contributed by atoms with van der Waals surface area (Å²) >= 11 is 13.1. The lowest BCUT2D eigenvalue weighted by Crippen LogP contribution is -2.41. The van der Waals surface area contributed by atoms with Crippen LogP contribution in [0.15, 0.2) is 36.5 Å². The Labute approximate surface area is 310 Å². The van der Waals surface area contributed by atoms with Gasteiger partial charge < -0.3 is 19.9 Å². The van der Waals surface area contributed by atoms with Crippen molar-refractivity contribution in [1.82, 2.24) is 34.8 Å². The van der Waals surface area contributed by atoms with E-state index in [1.807, 2.05) is 17.9 Å². The maximum absolute atomic E-state index is 17.2. The largest absolute Gasteiger partial charge is 0.384 e. The fraction of sp³-hybridized carbons (Fsp3) is 0.462. The van der Waals surface area contributed by atoms with Crippen LogP contribution in [0.5, 0.6) is 0 Å². The van der Waals surface area contributed by atoms with Crippen molar-refractivity contribution in [3.8, 4) is 17.2 Å². The summed E-state index contributed by atoms with van der Waals surface area (Å²) in [5, 5.41) is 34.8. The molecule has 10 nitrogen and oxygen atoms in total. The summed E-state index contributed by atoms with van der Waals surface area (Å²) in [5.41, 5.74) is 3.59. The lowest BCUT2D eigenvalue weighted by molar-refractivity contribution is -0.133. The highest BCUT2D eigenvalue weighted by Crippen LogP contribution is 2.52. The molecule has 2 aromatic carbocycles. The van der Waals surface area contributed by atoms with Gasteiger partial charge in [-0.15, -0.1) is 5.10 Å². The second-order valence-electron chi connectivity index (χ2n) is 15.6. The van der Waals surface area contributed by atoms with Crippen LogP contribution in [0.3, 0.4) is 0 Å². The number of nitrogens with one attached hydrogen (secondary N) is 1. The van der Waals surface area contributed by atoms with Crippen LogP contribution < -0.4 is 5.32 Å². The lowest BCUT2D eigenvalue weighted by atomic mass is 9.79. The van der Waals surface area contributed by atoms with Crippen molar-refractivity contribution in [1.29, 1.82) is 5.26 Å². The second kappa shape index (κ2) is 12.2. The van der Waals surface area contributed by atoms with Crippen molar-refractivity contribution < 1.29 is 14.3 Å². The standard InChI is InChI=1S/C39H39Cl2FN8O2/c1-19-25-15-30(29-14-23(17-48(29)38(51)20-9-10-20)49-18-31(46-47-49)39(2,3)52)50(36-22-13-28(36)44-16-22)37(25)26-12-21(6-5-11-43)32(34(42)35(26)45-19)24-7-4-8-27(40)33(24)41/h4,7-8,12,15,18,20,22-23,28-29,36,44,52H,5-6,9-10,13-14,16-17H2,1-3H3/t22?,23-,28?,29+,36-/m0/s1. The van der Waals surface area contributed by atoms with Crippen molar-refractivity contribution in [2.45, 2.75) is 89.1 Å². The number of aryl methyl sites for hydroxylation is 2. The van der Waals surface area contributed by atoms with Crippen LogP contribution in [0.25, 0.3) is 32.9 Å². The molecule has 6 heterocycles. The highest BCUT2D eigenvalue weighted by Gasteiger charge is 2.51. The fourth-order valence-corrected chi connectivity index (χ4v) is 9.32. The number of aromatic nitrogens is 5. The van der Waals surface area contributed by atoms with Crippen molar-refractivity contribution in [2.75, 3.05) is 13.1 Å². The minimum Gasteiger partial charge on any atom is -0.384 e. The summed E-state index contributed by atoms with van der Waals surface area (Å²) in [6.45, 7) is 6.65. The third kappa shape index (κ3) is 5.24. The number of likely N-dealkylation sites (tertiary alicyclic amines) is 1. The summed E-state index contributed by atoms with van der Waals surface area (Å²) in [4.78, 5) is 21.0. The number of fused-ring (bicyclic) bond motifs is 4. The number of aliphatic hydroxyl groups is 1. The first-order valence-electron chi connectivity index (χ1n) is 18.1. The van der Waals surface area contributed by atoms with E-state index in [1.54, 1.807) is 42.9 Å². The average molecular weight is 742 g/mol. The van der Waals surface area contributed by atoms with Crippen LogP contribution in [-0.2, 0) is 16.8 Å². The average Bonchev–Trinajstić information content (AvgIpc) is 3.61. The molecular weight excluding hydrogens is 702 g/mol. The number of nitriles is 1. The summed E-state index contributed by atoms with van der Waals surface area (Å²) in [7, 11) is 0. The Balaban J connectivity index is 1.27. The molecule has 2 bridgehead atoms. The zero-order valence-electron chi connectivity index (χ0n) is 29.2. The molecule has 5 fully saturated rings. The summed E-state index contributed by atoms with van der Waals surface area (Å²) in [6, 6.07) is 11.5. The number of benzene rings is 2. The molecule has 5 aliphatic rings. The molecule has 2 saturated carbocycles. The van der Waals surface area contributed by atoms with Gasteiger partial charge in [0.15, 0.2) is 5.82 Å². The SMILES string of the molecule is Cc1nc2c(F)c(-c3cccc(Cl)c3Cl)c(CCC#N)cc2c2c1cc([C@H]1C[C@H](n3cc(C(C)(C)O)nn3)CN1C(=O)C1CC1)n2[C@H]1C2CNC1C2. The van der Waals surface area contributed by atoms with Crippen molar-refractivity contribution >= 4 is 50.9 Å². The molecule has 52 heavy (non-hydrogen) atoms. The fourth-order valence-electron chi connectivity index (χ4n) is 8.93. The first-order chi connectivity index (χ1) is 24.9. The third-order valence-electron chi connectivity index (χ3n) is 11.8. The Kier molecular flexibility index (Phi) is 7.94. The summed E-state index contributed by atoms with van der Waals surface area (Å²) < 4.78 is 21.4. The Hall–Kier alpha value is -4.08. The van der Waals surface area contributed by atoms with Crippen LogP contribution >= 0.6 is 23.2 Å². The van der Waals surface area contributed by atoms with Gasteiger partial charge in [0.05, 0.1) is 46.0 Å². The molecule has 3 saturated heterocycles. The highest BCUT2D eigenvalue weighted by molar-refractivity contribution is 6.43. The first kappa shape index (κ1) is 33.7. The topological polar surface area (TPSA) is 125 Å². The smallest absolute Gasteiger partial charge is 0.226 e. The van der Waals surface area contributed by atoms with Crippen LogP contribution in [0, 0.1) is 35.9 Å². The van der Waals surface area contributed by atoms with Gasteiger partial charge in [-0.1, -0.05) is 40.5 Å². The van der Waals surface area contributed by atoms with Crippen molar-refractivity contribution in [3.05, 3.63) is 75.0 Å². The van der Waals surface area contributed by atoms with E-state index in [2.05, 4.69) is 32.3 Å². The van der Waals surface area contributed by atoms with Gasteiger partial charge in [-0.05, 0) is 82.6 Å². The van der Waals surface area contributed by atoms with Crippen LogP contribution in [0.1, 0.15) is 86.7 Å². The van der Waals surface area contributed by atoms with Crippen LogP contribution in [0.2, 0.25) is 10.0 Å². The number of rotatable bonds is 8. The summed E-state index contributed by atoms with van der Waals surface area (Å²) in [6.07, 6.45) is 5.74. The quantitative estimate of drug-likeness (QED) is 0.171. The molecule has 0 radical (unpaired) electrons. The number of amides is 1. The van der Waals surface area contributed by atoms with E-state index < -0.39 is 11.4 Å². The number of halogens is 3. The van der Waals surface area contributed by atoms with Crippen LogP contribution in [0.4, 0.5) is 4.39 Å². The number of hydrogen-bond donors (Lipinski definition) is 2. The number of nitrogens with zero attached hydrogens (tertiary/aromatic N) is 7. The maximum Gasteiger partial charge on any atom is 0.226 e. The van der Waals surface area contributed by atoms with Crippen molar-refractivity contribution in [3.63, 3.8) is 0 Å². The molecule has 2 N–H and O–H groups in total. The van der Waals surface area contributed by atoms with Gasteiger partial charge in [-0.3, -0.25) is 4.79 Å². The van der Waals surface area contributed by atoms with Gasteiger partial charge in [0.2, 0.25) is 5.91 Å². The monoisotopic (exact) mass is 740 g/mol. The van der Waals surface area contributed by atoms with E-state index in [0.717, 1.165) is 42.4 Å². The molecule has 2 aliphatic carbocycles. The van der Waals surface area contributed by atoms with Crippen LogP contribution in [-0.4, -0.2) is 59.6 Å². The Morgan fingerprint density at radius 2 is 2.00 bits per heavy atom. The molecule has 2 unspecified atom stereocenters. The predicted molar refractivity (Wildman–Crippen MR) is 196 cm³/mol. The zero-order chi connectivity index (χ0) is 36.2. The number of carbonyl (C=O) groups excluding carboxylic acids is 1. The summed E-state index contributed by atoms with van der Waals surface area (Å²) in [5.74, 6) is 0.0594. The Morgan fingerprint density at radius 3 is 2.67 bits per heavy atom. The van der Waals surface area contributed by atoms with E-state index in [-0.39, 0.29) is 53.0 Å². The first-order valence-corrected chi connectivity index (χ1v) is 18.9. The minimum absolute atomic E-state index is 0.0149. The molecule has 5 atom stereocenters. The van der Waals surface area contributed by atoms with E-state index in [1.165, 1.54) is 0 Å². The van der Waals surface area contributed by atoms with E-state index >= 15 is 4.39 Å². The van der Waals surface area contributed by atoms with Crippen molar-refractivity contribution in [2.24, 2.45) is 11.8 Å². The molecule has 3 aromatic heterocycles. The zero-order valence-corrected chi connectivity index (χ0v) is 30.7. The Morgan fingerprint density at radius 1 is 1.19 bits per heavy atom. The molecule has 3 aliphatic heterocycles. The molecule has 0 spiro atoms. The Bertz CT molecular complexity index is 2320. The molecule has 10 rings (SSSR count). The van der Waals surface area contributed by atoms with E-state index in [9.17, 15) is 15.2 Å². The predicted octanol–water partition coefficient (Wildman–Crippen LogP) is 7.34. The van der Waals surface area contributed by atoms with Gasteiger partial charge in [0.25, 0.3) is 0 Å². The van der Waals surface area contributed by atoms with E-state index in [0.29, 0.717) is 63.8 Å². The van der Waals surface area contributed by atoms with Gasteiger partial charge in [0.1, 0.15) is 16.8 Å². The lowest BCUT2D eigenvalue weighted by Gasteiger charge is -2.39. The number of carbonyl (C=O) groups is 1. The molecule has 13 heteroatoms. The highest BCUT2D eigenvalue weighted by atomic mass is 35.5. The third-order valence-corrected chi connectivity index (χ3v) is 12.6. The van der Waals surface area contributed by atoms with Gasteiger partial charge in [0, 0.05) is 64.8 Å². The molecular formula is C39H39Cl2FN8O2. The molecule has 1 amide bonds.